The molecule has 5 heteroatoms. The summed E-state index contributed by atoms with van der Waals surface area (Å²) in [6.07, 6.45) is 5.54. The van der Waals surface area contributed by atoms with Crippen LogP contribution in [0.5, 0.6) is 0 Å². The number of nitrogens with zero attached hydrogens (tertiary/aromatic N) is 4. The molecule has 0 unspecified atom stereocenters. The van der Waals surface area contributed by atoms with Crippen LogP contribution >= 0.6 is 0 Å². The Morgan fingerprint density at radius 1 is 1.36 bits per heavy atom. The lowest BCUT2D eigenvalue weighted by atomic mass is 10.4. The van der Waals surface area contributed by atoms with Crippen LogP contribution in [-0.2, 0) is 13.1 Å². The molecule has 74 valence electrons. The van der Waals surface area contributed by atoms with E-state index in [0.29, 0.717) is 0 Å². The van der Waals surface area contributed by atoms with E-state index in [4.69, 9.17) is 5.73 Å². The first-order valence-corrected chi connectivity index (χ1v) is 4.52. The molecule has 0 saturated heterocycles. The standard InChI is InChI=1S/C9H13N5/c1-8-9(10)7-14(12-8)6-5-13-4-2-3-11-13/h2-4,7H,5-6,10H2,1H3. The molecule has 14 heavy (non-hydrogen) atoms. The maximum Gasteiger partial charge on any atom is 0.0822 e. The van der Waals surface area contributed by atoms with Crippen molar-refractivity contribution >= 4 is 5.69 Å². The van der Waals surface area contributed by atoms with Crippen molar-refractivity contribution in [3.05, 3.63) is 30.4 Å². The van der Waals surface area contributed by atoms with Gasteiger partial charge in [-0.1, -0.05) is 0 Å². The van der Waals surface area contributed by atoms with E-state index >= 15 is 0 Å². The Morgan fingerprint density at radius 3 is 2.71 bits per heavy atom. The van der Waals surface area contributed by atoms with E-state index in [1.165, 1.54) is 0 Å². The number of aromatic nitrogens is 4. The molecular formula is C9H13N5. The van der Waals surface area contributed by atoms with Crippen molar-refractivity contribution in [2.24, 2.45) is 0 Å². The number of hydrogen-bond donors (Lipinski definition) is 1. The first-order chi connectivity index (χ1) is 6.75. The molecular weight excluding hydrogens is 178 g/mol. The first-order valence-electron chi connectivity index (χ1n) is 4.52. The van der Waals surface area contributed by atoms with Crippen molar-refractivity contribution in [1.82, 2.24) is 19.6 Å². The molecule has 2 N–H and O–H groups in total. The summed E-state index contributed by atoms with van der Waals surface area (Å²) in [6, 6.07) is 1.91. The highest BCUT2D eigenvalue weighted by Crippen LogP contribution is 2.06. The predicted molar refractivity (Wildman–Crippen MR) is 53.6 cm³/mol. The van der Waals surface area contributed by atoms with Crippen LogP contribution in [0.2, 0.25) is 0 Å². The van der Waals surface area contributed by atoms with Crippen molar-refractivity contribution < 1.29 is 0 Å². The molecule has 0 saturated carbocycles. The lowest BCUT2D eigenvalue weighted by Crippen LogP contribution is -2.08. The Bertz CT molecular complexity index is 381. The third-order valence-electron chi connectivity index (χ3n) is 2.10. The van der Waals surface area contributed by atoms with Crippen LogP contribution in [0, 0.1) is 6.92 Å². The number of nitrogens with two attached hydrogens (primary N) is 1. The minimum absolute atomic E-state index is 0.741. The van der Waals surface area contributed by atoms with Crippen molar-refractivity contribution in [2.75, 3.05) is 5.73 Å². The Morgan fingerprint density at radius 2 is 2.14 bits per heavy atom. The van der Waals surface area contributed by atoms with Crippen molar-refractivity contribution in [2.45, 2.75) is 20.0 Å². The predicted octanol–water partition coefficient (Wildman–Crippen LogP) is 0.670. The van der Waals surface area contributed by atoms with Crippen LogP contribution in [0.1, 0.15) is 5.69 Å². The number of aryl methyl sites for hydroxylation is 3. The second-order valence-electron chi connectivity index (χ2n) is 3.20. The van der Waals surface area contributed by atoms with Crippen molar-refractivity contribution in [3.8, 4) is 0 Å². The Labute approximate surface area is 82.1 Å². The third-order valence-corrected chi connectivity index (χ3v) is 2.10. The van der Waals surface area contributed by atoms with Gasteiger partial charge >= 0.3 is 0 Å². The van der Waals surface area contributed by atoms with E-state index in [2.05, 4.69) is 10.2 Å². The summed E-state index contributed by atoms with van der Waals surface area (Å²) >= 11 is 0. The molecule has 0 radical (unpaired) electrons. The van der Waals surface area contributed by atoms with Crippen LogP contribution in [0.15, 0.2) is 24.7 Å². The zero-order chi connectivity index (χ0) is 9.97. The maximum atomic E-state index is 5.68. The molecule has 0 aliphatic carbocycles. The van der Waals surface area contributed by atoms with E-state index in [1.54, 1.807) is 6.20 Å². The lowest BCUT2D eigenvalue weighted by molar-refractivity contribution is 0.498. The average Bonchev–Trinajstić information content (AvgIpc) is 2.74. The van der Waals surface area contributed by atoms with Crippen LogP contribution in [0.25, 0.3) is 0 Å². The van der Waals surface area contributed by atoms with Gasteiger partial charge in [-0.05, 0) is 13.0 Å². The fraction of sp³-hybridized carbons (Fsp3) is 0.333. The molecule has 0 bridgehead atoms. The maximum absolute atomic E-state index is 5.68. The van der Waals surface area contributed by atoms with Crippen LogP contribution < -0.4 is 5.73 Å². The van der Waals surface area contributed by atoms with Crippen LogP contribution in [0.3, 0.4) is 0 Å². The van der Waals surface area contributed by atoms with Crippen LogP contribution in [-0.4, -0.2) is 19.6 Å². The van der Waals surface area contributed by atoms with Gasteiger partial charge in [0.05, 0.1) is 24.5 Å². The van der Waals surface area contributed by atoms with Gasteiger partial charge in [0.25, 0.3) is 0 Å². The van der Waals surface area contributed by atoms with Gasteiger partial charge in [0.15, 0.2) is 0 Å². The largest absolute Gasteiger partial charge is 0.396 e. The molecule has 0 aliphatic rings. The topological polar surface area (TPSA) is 61.7 Å². The smallest absolute Gasteiger partial charge is 0.0822 e. The fourth-order valence-electron chi connectivity index (χ4n) is 1.29. The molecule has 2 aromatic heterocycles. The Kier molecular flexibility index (Phi) is 2.22. The third kappa shape index (κ3) is 1.76. The molecule has 0 spiro atoms. The van der Waals surface area contributed by atoms with Crippen molar-refractivity contribution in [1.29, 1.82) is 0 Å². The van der Waals surface area contributed by atoms with E-state index in [-0.39, 0.29) is 0 Å². The van der Waals surface area contributed by atoms with Gasteiger partial charge < -0.3 is 5.73 Å². The minimum atomic E-state index is 0.741. The molecule has 2 heterocycles. The number of hydrogen-bond acceptors (Lipinski definition) is 3. The summed E-state index contributed by atoms with van der Waals surface area (Å²) in [6.45, 7) is 3.51. The number of rotatable bonds is 3. The summed E-state index contributed by atoms with van der Waals surface area (Å²) in [4.78, 5) is 0. The molecule has 5 nitrogen and oxygen atoms in total. The number of anilines is 1. The van der Waals surface area contributed by atoms with E-state index in [1.807, 2.05) is 34.7 Å². The van der Waals surface area contributed by atoms with Gasteiger partial charge in [0, 0.05) is 18.6 Å². The molecule has 0 aliphatic heterocycles. The number of nitrogen functional groups attached to an aromatic ring is 1. The summed E-state index contributed by atoms with van der Waals surface area (Å²) in [5.41, 5.74) is 7.31. The zero-order valence-electron chi connectivity index (χ0n) is 8.09. The summed E-state index contributed by atoms with van der Waals surface area (Å²) < 4.78 is 3.71. The monoisotopic (exact) mass is 191 g/mol. The van der Waals surface area contributed by atoms with Gasteiger partial charge in [-0.25, -0.2) is 0 Å². The minimum Gasteiger partial charge on any atom is -0.396 e. The van der Waals surface area contributed by atoms with E-state index < -0.39 is 0 Å². The molecule has 0 amide bonds. The van der Waals surface area contributed by atoms with Gasteiger partial charge in [-0.2, -0.15) is 10.2 Å². The summed E-state index contributed by atoms with van der Waals surface area (Å²) in [5.74, 6) is 0. The highest BCUT2D eigenvalue weighted by Gasteiger charge is 2.00. The molecule has 0 fully saturated rings. The average molecular weight is 191 g/mol. The summed E-state index contributed by atoms with van der Waals surface area (Å²) in [5, 5.41) is 8.37. The normalized spacial score (nSPS) is 10.6. The second-order valence-corrected chi connectivity index (χ2v) is 3.20. The van der Waals surface area contributed by atoms with Gasteiger partial charge in [0.1, 0.15) is 0 Å². The van der Waals surface area contributed by atoms with Crippen LogP contribution in [0.4, 0.5) is 5.69 Å². The SMILES string of the molecule is Cc1nn(CCn2cccn2)cc1N. The van der Waals surface area contributed by atoms with Crippen molar-refractivity contribution in [3.63, 3.8) is 0 Å². The highest BCUT2D eigenvalue weighted by atomic mass is 15.3. The molecule has 2 aromatic rings. The summed E-state index contributed by atoms with van der Waals surface area (Å²) in [7, 11) is 0. The zero-order valence-corrected chi connectivity index (χ0v) is 8.09. The fourth-order valence-corrected chi connectivity index (χ4v) is 1.29. The van der Waals surface area contributed by atoms with Gasteiger partial charge in [-0.3, -0.25) is 9.36 Å². The Balaban J connectivity index is 1.98. The molecule has 0 atom stereocenters. The van der Waals surface area contributed by atoms with E-state index in [9.17, 15) is 0 Å². The van der Waals surface area contributed by atoms with Gasteiger partial charge in [0.2, 0.25) is 0 Å². The van der Waals surface area contributed by atoms with Gasteiger partial charge in [-0.15, -0.1) is 0 Å². The van der Waals surface area contributed by atoms with E-state index in [0.717, 1.165) is 24.5 Å². The molecule has 2 rings (SSSR count). The Hall–Kier alpha value is -1.78. The highest BCUT2D eigenvalue weighted by molar-refractivity contribution is 5.39. The quantitative estimate of drug-likeness (QED) is 0.775. The molecule has 0 aromatic carbocycles. The second kappa shape index (κ2) is 3.53. The first kappa shape index (κ1) is 8.80. The lowest BCUT2D eigenvalue weighted by Gasteiger charge is -2.01.